The minimum Gasteiger partial charge on any atom is -0.206 e. The number of hydrogen-bond acceptors (Lipinski definition) is 0. The third kappa shape index (κ3) is 4.29. The Bertz CT molecular complexity index is 770. The number of benzene rings is 2. The van der Waals surface area contributed by atoms with Crippen molar-refractivity contribution in [1.29, 1.82) is 0 Å². The quantitative estimate of drug-likeness (QED) is 0.481. The van der Waals surface area contributed by atoms with Crippen LogP contribution in [0.3, 0.4) is 0 Å². The van der Waals surface area contributed by atoms with Crippen molar-refractivity contribution in [2.75, 3.05) is 0 Å². The highest BCUT2D eigenvalue weighted by atomic mass is 35.5. The summed E-state index contributed by atoms with van der Waals surface area (Å²) in [5, 5.41) is 0. The predicted octanol–water partition coefficient (Wildman–Crippen LogP) is 7.54. The lowest BCUT2D eigenvalue weighted by atomic mass is 9.78. The minimum absolute atomic E-state index is 0.443. The van der Waals surface area contributed by atoms with Crippen molar-refractivity contribution in [1.82, 2.24) is 0 Å². The van der Waals surface area contributed by atoms with Gasteiger partial charge in [0, 0.05) is 5.54 Å². The molecular formula is C21H19ClF4. The molecule has 2 aromatic rings. The first-order valence-electron chi connectivity index (χ1n) is 8.62. The molecule has 0 nitrogen and oxygen atoms in total. The molecule has 0 aliphatic heterocycles. The molecule has 0 aromatic heterocycles. The fourth-order valence-electron chi connectivity index (χ4n) is 3.62. The lowest BCUT2D eigenvalue weighted by molar-refractivity contribution is -0.139. The normalized spacial score (nSPS) is 21.3. The molecule has 0 atom stereocenters. The lowest BCUT2D eigenvalue weighted by Gasteiger charge is -2.27. The zero-order valence-corrected chi connectivity index (χ0v) is 14.8. The second-order valence-corrected chi connectivity index (χ2v) is 7.00. The first-order valence-corrected chi connectivity index (χ1v) is 9.06. The van der Waals surface area contributed by atoms with Gasteiger partial charge in [-0.1, -0.05) is 48.0 Å². The van der Waals surface area contributed by atoms with Crippen LogP contribution in [0.2, 0.25) is 0 Å². The average molecular weight is 383 g/mol. The molecule has 1 fully saturated rings. The Morgan fingerprint density at radius 3 is 2.04 bits per heavy atom. The molecule has 0 saturated heterocycles. The van der Waals surface area contributed by atoms with E-state index in [1.54, 1.807) is 5.54 Å². The fraction of sp³-hybridized carbons (Fsp3) is 0.333. The zero-order chi connectivity index (χ0) is 18.7. The third-order valence-electron chi connectivity index (χ3n) is 5.11. The molecule has 0 radical (unpaired) electrons. The monoisotopic (exact) mass is 382 g/mol. The van der Waals surface area contributed by atoms with Gasteiger partial charge in [-0.25, -0.2) is 4.39 Å². The third-order valence-corrected chi connectivity index (χ3v) is 5.25. The fourth-order valence-corrected chi connectivity index (χ4v) is 3.83. The van der Waals surface area contributed by atoms with Crippen LogP contribution in [0.25, 0.3) is 11.1 Å². The van der Waals surface area contributed by atoms with E-state index in [9.17, 15) is 17.6 Å². The van der Waals surface area contributed by atoms with E-state index in [1.807, 2.05) is 30.3 Å². The van der Waals surface area contributed by atoms with Crippen LogP contribution in [-0.4, -0.2) is 0 Å². The molecular weight excluding hydrogens is 364 g/mol. The summed E-state index contributed by atoms with van der Waals surface area (Å²) in [5.41, 5.74) is 2.72. The molecule has 26 heavy (non-hydrogen) atoms. The van der Waals surface area contributed by atoms with Gasteiger partial charge < -0.3 is 0 Å². The molecule has 138 valence electrons. The molecule has 0 unspecified atom stereocenters. The van der Waals surface area contributed by atoms with Gasteiger partial charge in [0.15, 0.2) is 0 Å². The number of alkyl halides is 3. The van der Waals surface area contributed by atoms with Gasteiger partial charge in [0.05, 0.1) is 5.56 Å². The van der Waals surface area contributed by atoms with Crippen LogP contribution < -0.4 is 0 Å². The van der Waals surface area contributed by atoms with Crippen molar-refractivity contribution >= 4 is 11.6 Å². The predicted molar refractivity (Wildman–Crippen MR) is 96.5 cm³/mol. The molecule has 0 amide bonds. The van der Waals surface area contributed by atoms with Crippen LogP contribution in [0.4, 0.5) is 17.6 Å². The number of halogens is 5. The molecule has 0 spiro atoms. The number of rotatable bonds is 3. The molecule has 5 heteroatoms. The Labute approximate surface area is 155 Å². The van der Waals surface area contributed by atoms with Crippen molar-refractivity contribution in [3.05, 3.63) is 71.0 Å². The second-order valence-electron chi connectivity index (χ2n) is 6.74. The summed E-state index contributed by atoms with van der Waals surface area (Å²) in [5.74, 6) is -0.226. The molecule has 2 aromatic carbocycles. The lowest BCUT2D eigenvalue weighted by Crippen LogP contribution is -2.11. The largest absolute Gasteiger partial charge is 0.419 e. The van der Waals surface area contributed by atoms with Gasteiger partial charge in [-0.3, -0.25) is 0 Å². The van der Waals surface area contributed by atoms with E-state index < -0.39 is 17.6 Å². The highest BCUT2D eigenvalue weighted by Gasteiger charge is 2.33. The van der Waals surface area contributed by atoms with Crippen LogP contribution in [-0.2, 0) is 6.18 Å². The Hall–Kier alpha value is -1.81. The first kappa shape index (κ1) is 19.0. The van der Waals surface area contributed by atoms with Crippen LogP contribution in [0.5, 0.6) is 0 Å². The minimum atomic E-state index is -4.68. The molecule has 0 bridgehead atoms. The van der Waals surface area contributed by atoms with Crippen molar-refractivity contribution in [3.8, 4) is 11.1 Å². The summed E-state index contributed by atoms with van der Waals surface area (Å²) in [6.45, 7) is 0. The van der Waals surface area contributed by atoms with Crippen LogP contribution in [0.1, 0.15) is 42.7 Å². The summed E-state index contributed by atoms with van der Waals surface area (Å²) >= 11 is 5.64. The first-order chi connectivity index (χ1) is 12.4. The maximum Gasteiger partial charge on any atom is 0.419 e. The SMILES string of the molecule is Fc1cc(-c2ccc(C3CCC(/C=C/Cl)CC3)cc2)ccc1C(F)(F)F. The van der Waals surface area contributed by atoms with E-state index >= 15 is 0 Å². The summed E-state index contributed by atoms with van der Waals surface area (Å²) < 4.78 is 51.8. The van der Waals surface area contributed by atoms with Crippen LogP contribution in [0.15, 0.2) is 54.1 Å². The van der Waals surface area contributed by atoms with E-state index in [2.05, 4.69) is 0 Å². The molecule has 0 N–H and O–H groups in total. The topological polar surface area (TPSA) is 0 Å². The van der Waals surface area contributed by atoms with E-state index in [0.29, 0.717) is 23.0 Å². The van der Waals surface area contributed by atoms with Crippen molar-refractivity contribution in [3.63, 3.8) is 0 Å². The smallest absolute Gasteiger partial charge is 0.206 e. The Morgan fingerprint density at radius 2 is 1.50 bits per heavy atom. The van der Waals surface area contributed by atoms with Crippen molar-refractivity contribution < 1.29 is 17.6 Å². The molecule has 1 saturated carbocycles. The molecule has 0 heterocycles. The summed E-state index contributed by atoms with van der Waals surface area (Å²) in [7, 11) is 0. The summed E-state index contributed by atoms with van der Waals surface area (Å²) in [6, 6.07) is 10.7. The van der Waals surface area contributed by atoms with Gasteiger partial charge >= 0.3 is 6.18 Å². The van der Waals surface area contributed by atoms with Crippen LogP contribution >= 0.6 is 11.6 Å². The number of hydrogen-bond donors (Lipinski definition) is 0. The van der Waals surface area contributed by atoms with E-state index in [0.717, 1.165) is 37.8 Å². The maximum absolute atomic E-state index is 13.8. The Balaban J connectivity index is 1.73. The highest BCUT2D eigenvalue weighted by molar-refractivity contribution is 6.25. The van der Waals surface area contributed by atoms with E-state index in [-0.39, 0.29) is 0 Å². The Morgan fingerprint density at radius 1 is 0.885 bits per heavy atom. The van der Waals surface area contributed by atoms with Crippen molar-refractivity contribution in [2.24, 2.45) is 5.92 Å². The second kappa shape index (κ2) is 7.83. The van der Waals surface area contributed by atoms with E-state index in [4.69, 9.17) is 11.6 Å². The Kier molecular flexibility index (Phi) is 5.71. The molecule has 1 aliphatic rings. The zero-order valence-electron chi connectivity index (χ0n) is 14.1. The summed E-state index contributed by atoms with van der Waals surface area (Å²) in [4.78, 5) is 0. The average Bonchev–Trinajstić information content (AvgIpc) is 2.62. The van der Waals surface area contributed by atoms with Crippen LogP contribution in [0, 0.1) is 11.7 Å². The van der Waals surface area contributed by atoms with Gasteiger partial charge in [-0.15, -0.1) is 0 Å². The number of allylic oxidation sites excluding steroid dienone is 1. The van der Waals surface area contributed by atoms with Gasteiger partial charge in [-0.05, 0) is 66.3 Å². The van der Waals surface area contributed by atoms with Crippen molar-refractivity contribution in [2.45, 2.75) is 37.8 Å². The maximum atomic E-state index is 13.8. The van der Waals surface area contributed by atoms with Gasteiger partial charge in [-0.2, -0.15) is 13.2 Å². The molecule has 3 rings (SSSR count). The van der Waals surface area contributed by atoms with E-state index in [1.165, 1.54) is 11.6 Å². The summed E-state index contributed by atoms with van der Waals surface area (Å²) in [6.07, 6.45) is 1.73. The van der Waals surface area contributed by atoms with Gasteiger partial charge in [0.25, 0.3) is 0 Å². The molecule has 1 aliphatic carbocycles. The van der Waals surface area contributed by atoms with Gasteiger partial charge in [0.1, 0.15) is 5.82 Å². The van der Waals surface area contributed by atoms with Gasteiger partial charge in [0.2, 0.25) is 0 Å². The highest BCUT2D eigenvalue weighted by Crippen LogP contribution is 2.37. The standard InChI is InChI=1S/C21H19ClF4/c22-12-11-14-1-3-15(4-2-14)16-5-7-17(8-6-16)18-9-10-19(20(23)13-18)21(24,25)26/h5-15H,1-4H2/b12-11+.